The monoisotopic (exact) mass is 886 g/mol. The van der Waals surface area contributed by atoms with Crippen LogP contribution in [0.25, 0.3) is 22.3 Å². The SMILES string of the molecule is COc1cc(-c2ccc(C(=O)N3CCN(Cc4ccc(CN5CCN(C(=O)c6ccc(-c7cc(OC)c(OC)c(OC)c7)cc6)CC5)cc4)CC3)cc2)cc(OC)c1OC.Cl.Cl. The molecule has 0 aromatic heterocycles. The van der Waals surface area contributed by atoms with Crippen LogP contribution in [0.3, 0.4) is 0 Å². The Hall–Kier alpha value is -5.66. The van der Waals surface area contributed by atoms with Crippen LogP contribution in [-0.2, 0) is 13.1 Å². The van der Waals surface area contributed by atoms with Crippen LogP contribution in [0.1, 0.15) is 31.8 Å². The zero-order valence-electron chi connectivity index (χ0n) is 36.2. The topological polar surface area (TPSA) is 102 Å². The zero-order valence-corrected chi connectivity index (χ0v) is 37.8. The molecule has 14 heteroatoms. The van der Waals surface area contributed by atoms with E-state index in [4.69, 9.17) is 28.4 Å². The first-order chi connectivity index (χ1) is 29.2. The van der Waals surface area contributed by atoms with Gasteiger partial charge in [-0.25, -0.2) is 0 Å². The summed E-state index contributed by atoms with van der Waals surface area (Å²) in [7, 11) is 9.55. The van der Waals surface area contributed by atoms with Gasteiger partial charge in [0, 0.05) is 76.6 Å². The smallest absolute Gasteiger partial charge is 0.253 e. The number of amides is 2. The summed E-state index contributed by atoms with van der Waals surface area (Å²) in [6.07, 6.45) is 0. The van der Waals surface area contributed by atoms with E-state index < -0.39 is 0 Å². The van der Waals surface area contributed by atoms with E-state index in [9.17, 15) is 9.59 Å². The van der Waals surface area contributed by atoms with Gasteiger partial charge in [-0.1, -0.05) is 48.5 Å². The highest BCUT2D eigenvalue weighted by atomic mass is 35.5. The molecule has 0 radical (unpaired) electrons. The van der Waals surface area contributed by atoms with Crippen LogP contribution in [0.4, 0.5) is 0 Å². The van der Waals surface area contributed by atoms with E-state index >= 15 is 0 Å². The lowest BCUT2D eigenvalue weighted by atomic mass is 10.0. The molecule has 2 aliphatic heterocycles. The van der Waals surface area contributed by atoms with Gasteiger partial charge in [0.1, 0.15) is 0 Å². The molecule has 0 N–H and O–H groups in total. The quantitative estimate of drug-likeness (QED) is 0.110. The highest BCUT2D eigenvalue weighted by molar-refractivity contribution is 5.95. The van der Waals surface area contributed by atoms with Crippen molar-refractivity contribution in [3.63, 3.8) is 0 Å². The number of benzene rings is 5. The molecule has 2 aliphatic rings. The number of hydrogen-bond donors (Lipinski definition) is 0. The average molecular weight is 888 g/mol. The third kappa shape index (κ3) is 10.7. The summed E-state index contributed by atoms with van der Waals surface area (Å²) in [5.41, 5.74) is 7.57. The molecule has 5 aromatic rings. The van der Waals surface area contributed by atoms with Gasteiger partial charge in [-0.2, -0.15) is 0 Å². The van der Waals surface area contributed by atoms with Crippen molar-refractivity contribution in [3.05, 3.63) is 119 Å². The van der Waals surface area contributed by atoms with Crippen molar-refractivity contribution in [2.24, 2.45) is 0 Å². The Morgan fingerprint density at radius 3 is 0.952 bits per heavy atom. The van der Waals surface area contributed by atoms with Gasteiger partial charge < -0.3 is 38.2 Å². The van der Waals surface area contributed by atoms with Crippen LogP contribution in [0, 0.1) is 0 Å². The molecular formula is C48H56Cl2N4O8. The molecule has 0 bridgehead atoms. The van der Waals surface area contributed by atoms with Crippen LogP contribution in [0.2, 0.25) is 0 Å². The summed E-state index contributed by atoms with van der Waals surface area (Å²) in [5, 5.41) is 0. The summed E-state index contributed by atoms with van der Waals surface area (Å²) < 4.78 is 33.0. The van der Waals surface area contributed by atoms with E-state index in [0.29, 0.717) is 71.8 Å². The fourth-order valence-corrected chi connectivity index (χ4v) is 7.96. The number of nitrogens with zero attached hydrogens (tertiary/aromatic N) is 4. The van der Waals surface area contributed by atoms with E-state index in [1.165, 1.54) is 11.1 Å². The first-order valence-electron chi connectivity index (χ1n) is 20.2. The van der Waals surface area contributed by atoms with Crippen molar-refractivity contribution in [1.82, 2.24) is 19.6 Å². The molecule has 2 saturated heterocycles. The minimum absolute atomic E-state index is 0. The Bertz CT molecular complexity index is 2050. The van der Waals surface area contributed by atoms with Gasteiger partial charge in [0.05, 0.1) is 42.7 Å². The summed E-state index contributed by atoms with van der Waals surface area (Å²) in [5.74, 6) is 3.49. The van der Waals surface area contributed by atoms with Crippen LogP contribution in [-0.4, -0.2) is 126 Å². The number of carbonyl (C=O) groups is 2. The van der Waals surface area contributed by atoms with Crippen molar-refractivity contribution in [2.75, 3.05) is 95.0 Å². The Kier molecular flexibility index (Phi) is 16.8. The standard InChI is InChI=1S/C48H54N4O8.2ClH/c1-55-41-27-39(28-42(56-2)45(41)59-5)35-11-15-37(16-12-35)47(53)51-23-19-49(20-24-51)31-33-7-9-34(10-8-33)32-50-21-25-52(26-22-50)48(54)38-17-13-36(14-18-38)40-29-43(57-3)46(60-6)44(30-40)58-4;;/h7-18,27-30H,19-26,31-32H2,1-6H3;2*1H. The number of ether oxygens (including phenoxy) is 6. The predicted octanol–water partition coefficient (Wildman–Crippen LogP) is 7.83. The number of carbonyl (C=O) groups excluding carboxylic acids is 2. The molecule has 12 nitrogen and oxygen atoms in total. The minimum atomic E-state index is 0. The molecule has 0 aliphatic carbocycles. The molecular weight excluding hydrogens is 831 g/mol. The largest absolute Gasteiger partial charge is 0.493 e. The molecule has 7 rings (SSSR count). The van der Waals surface area contributed by atoms with Crippen molar-refractivity contribution in [1.29, 1.82) is 0 Å². The minimum Gasteiger partial charge on any atom is -0.493 e. The van der Waals surface area contributed by atoms with E-state index in [0.717, 1.165) is 61.5 Å². The zero-order chi connectivity index (χ0) is 42.2. The van der Waals surface area contributed by atoms with Gasteiger partial charge in [-0.05, 0) is 81.9 Å². The lowest BCUT2D eigenvalue weighted by Crippen LogP contribution is -2.48. The van der Waals surface area contributed by atoms with Crippen LogP contribution in [0.15, 0.2) is 97.1 Å². The number of halogens is 2. The highest BCUT2D eigenvalue weighted by Crippen LogP contribution is 2.42. The second-order valence-electron chi connectivity index (χ2n) is 14.9. The first-order valence-corrected chi connectivity index (χ1v) is 20.2. The average Bonchev–Trinajstić information content (AvgIpc) is 3.31. The number of piperazine rings is 2. The van der Waals surface area contributed by atoms with E-state index in [2.05, 4.69) is 34.1 Å². The Morgan fingerprint density at radius 1 is 0.403 bits per heavy atom. The molecule has 2 fully saturated rings. The molecule has 5 aromatic carbocycles. The van der Waals surface area contributed by atoms with Crippen molar-refractivity contribution >= 4 is 36.6 Å². The number of rotatable bonds is 14. The van der Waals surface area contributed by atoms with Crippen molar-refractivity contribution in [2.45, 2.75) is 13.1 Å². The molecule has 0 atom stereocenters. The fourth-order valence-electron chi connectivity index (χ4n) is 7.96. The van der Waals surface area contributed by atoms with Gasteiger partial charge >= 0.3 is 0 Å². The Labute approximate surface area is 377 Å². The summed E-state index contributed by atoms with van der Waals surface area (Å²) in [4.78, 5) is 35.6. The maximum atomic E-state index is 13.4. The third-order valence-corrected chi connectivity index (χ3v) is 11.4. The van der Waals surface area contributed by atoms with Crippen molar-refractivity contribution < 1.29 is 38.0 Å². The van der Waals surface area contributed by atoms with Gasteiger partial charge in [0.2, 0.25) is 11.5 Å². The number of hydrogen-bond acceptors (Lipinski definition) is 10. The van der Waals surface area contributed by atoms with Gasteiger partial charge in [-0.15, -0.1) is 24.8 Å². The highest BCUT2D eigenvalue weighted by Gasteiger charge is 2.25. The van der Waals surface area contributed by atoms with Crippen LogP contribution < -0.4 is 28.4 Å². The fraction of sp³-hybridized carbons (Fsp3) is 0.333. The first kappa shape index (κ1) is 47.4. The van der Waals surface area contributed by atoms with E-state index in [1.807, 2.05) is 82.6 Å². The Balaban J connectivity index is 0.00000363. The van der Waals surface area contributed by atoms with Crippen LogP contribution in [0.5, 0.6) is 34.5 Å². The maximum absolute atomic E-state index is 13.4. The third-order valence-electron chi connectivity index (χ3n) is 11.4. The number of methoxy groups -OCH3 is 6. The second-order valence-corrected chi connectivity index (χ2v) is 14.9. The molecule has 0 saturated carbocycles. The van der Waals surface area contributed by atoms with Crippen LogP contribution >= 0.6 is 24.8 Å². The summed E-state index contributed by atoms with van der Waals surface area (Å²) >= 11 is 0. The van der Waals surface area contributed by atoms with E-state index in [1.54, 1.807) is 42.7 Å². The van der Waals surface area contributed by atoms with Gasteiger partial charge in [0.25, 0.3) is 11.8 Å². The lowest BCUT2D eigenvalue weighted by Gasteiger charge is -2.35. The molecule has 0 unspecified atom stereocenters. The Morgan fingerprint density at radius 2 is 0.694 bits per heavy atom. The molecule has 2 heterocycles. The lowest BCUT2D eigenvalue weighted by molar-refractivity contribution is 0.0620. The summed E-state index contributed by atoms with van der Waals surface area (Å²) in [6.45, 7) is 7.68. The van der Waals surface area contributed by atoms with Gasteiger partial charge in [-0.3, -0.25) is 19.4 Å². The molecule has 2 amide bonds. The predicted molar refractivity (Wildman–Crippen MR) is 246 cm³/mol. The molecule has 0 spiro atoms. The maximum Gasteiger partial charge on any atom is 0.253 e. The molecule has 62 heavy (non-hydrogen) atoms. The van der Waals surface area contributed by atoms with Crippen molar-refractivity contribution in [3.8, 4) is 56.8 Å². The van der Waals surface area contributed by atoms with E-state index in [-0.39, 0.29) is 36.6 Å². The second kappa shape index (κ2) is 21.9. The summed E-state index contributed by atoms with van der Waals surface area (Å²) in [6, 6.07) is 31.8. The molecule has 330 valence electrons. The normalized spacial score (nSPS) is 14.2. The van der Waals surface area contributed by atoms with Gasteiger partial charge in [0.15, 0.2) is 23.0 Å².